The zero-order valence-electron chi connectivity index (χ0n) is 12.8. The van der Waals surface area contributed by atoms with Crippen molar-refractivity contribution in [1.82, 2.24) is 9.80 Å². The summed E-state index contributed by atoms with van der Waals surface area (Å²) >= 11 is 1.97. The molecule has 1 aromatic rings. The Morgan fingerprint density at radius 2 is 1.75 bits per heavy atom. The monoisotopic (exact) mass is 292 g/mol. The van der Waals surface area contributed by atoms with Gasteiger partial charge in [-0.3, -0.25) is 0 Å². The van der Waals surface area contributed by atoms with Crippen molar-refractivity contribution in [1.29, 1.82) is 0 Å². The molecule has 0 bridgehead atoms. The lowest BCUT2D eigenvalue weighted by Gasteiger charge is -2.19. The Labute approximate surface area is 128 Å². The minimum absolute atomic E-state index is 1.22. The highest BCUT2D eigenvalue weighted by Crippen LogP contribution is 2.17. The number of rotatable bonds is 9. The number of benzene rings is 1. The summed E-state index contributed by atoms with van der Waals surface area (Å²) in [6, 6.07) is 10.7. The molecule has 0 radical (unpaired) electrons. The van der Waals surface area contributed by atoms with Crippen LogP contribution in [0.4, 0.5) is 0 Å². The first-order chi connectivity index (χ1) is 9.84. The highest BCUT2D eigenvalue weighted by atomic mass is 32.2. The van der Waals surface area contributed by atoms with Crippen molar-refractivity contribution in [3.8, 4) is 0 Å². The van der Waals surface area contributed by atoms with Crippen molar-refractivity contribution in [3.63, 3.8) is 0 Å². The predicted molar refractivity (Wildman–Crippen MR) is 89.6 cm³/mol. The van der Waals surface area contributed by atoms with Crippen LogP contribution in [0.2, 0.25) is 0 Å². The number of hydrogen-bond donors (Lipinski definition) is 0. The Morgan fingerprint density at radius 3 is 2.50 bits per heavy atom. The van der Waals surface area contributed by atoms with E-state index in [-0.39, 0.29) is 0 Å². The topological polar surface area (TPSA) is 6.48 Å². The van der Waals surface area contributed by atoms with Gasteiger partial charge in [0.15, 0.2) is 0 Å². The van der Waals surface area contributed by atoms with Crippen LogP contribution >= 0.6 is 11.8 Å². The zero-order valence-corrected chi connectivity index (χ0v) is 13.6. The summed E-state index contributed by atoms with van der Waals surface area (Å²) in [6.07, 6.45) is 5.42. The van der Waals surface area contributed by atoms with Crippen LogP contribution < -0.4 is 0 Å². The lowest BCUT2D eigenvalue weighted by atomic mass is 10.3. The molecule has 1 aliphatic rings. The number of likely N-dealkylation sites (tertiary alicyclic amines) is 1. The van der Waals surface area contributed by atoms with Gasteiger partial charge in [0.1, 0.15) is 0 Å². The summed E-state index contributed by atoms with van der Waals surface area (Å²) in [5.74, 6) is 1.22. The van der Waals surface area contributed by atoms with Crippen LogP contribution in [0.25, 0.3) is 0 Å². The molecule has 2 rings (SSSR count). The smallest absolute Gasteiger partial charge is 0.00719 e. The van der Waals surface area contributed by atoms with Gasteiger partial charge in [-0.1, -0.05) is 18.2 Å². The molecule has 112 valence electrons. The van der Waals surface area contributed by atoms with Crippen molar-refractivity contribution in [3.05, 3.63) is 30.3 Å². The van der Waals surface area contributed by atoms with E-state index in [1.54, 1.807) is 0 Å². The quantitative estimate of drug-likeness (QED) is 0.507. The number of hydrogen-bond acceptors (Lipinski definition) is 3. The van der Waals surface area contributed by atoms with Gasteiger partial charge in [0.05, 0.1) is 0 Å². The summed E-state index contributed by atoms with van der Waals surface area (Å²) in [4.78, 5) is 6.49. The molecule has 1 fully saturated rings. The van der Waals surface area contributed by atoms with Gasteiger partial charge in [-0.25, -0.2) is 0 Å². The first kappa shape index (κ1) is 15.9. The molecule has 2 nitrogen and oxygen atoms in total. The van der Waals surface area contributed by atoms with Crippen molar-refractivity contribution in [2.45, 2.75) is 30.6 Å². The van der Waals surface area contributed by atoms with Gasteiger partial charge in [0.2, 0.25) is 0 Å². The molecule has 20 heavy (non-hydrogen) atoms. The highest BCUT2D eigenvalue weighted by Gasteiger charge is 2.10. The molecular formula is C17H28N2S. The Balaban J connectivity index is 1.46. The summed E-state index contributed by atoms with van der Waals surface area (Å²) < 4.78 is 0. The first-order valence-corrected chi connectivity index (χ1v) is 8.92. The molecule has 1 saturated heterocycles. The second-order valence-electron chi connectivity index (χ2n) is 5.72. The Bertz CT molecular complexity index is 349. The van der Waals surface area contributed by atoms with E-state index in [9.17, 15) is 0 Å². The van der Waals surface area contributed by atoms with Crippen LogP contribution in [0.15, 0.2) is 35.2 Å². The predicted octanol–water partition coefficient (Wildman–Crippen LogP) is 3.59. The largest absolute Gasteiger partial charge is 0.306 e. The van der Waals surface area contributed by atoms with Crippen molar-refractivity contribution in [2.24, 2.45) is 0 Å². The molecule has 1 aliphatic heterocycles. The third-order valence-corrected chi connectivity index (χ3v) is 5.01. The van der Waals surface area contributed by atoms with Gasteiger partial charge in [-0.2, -0.15) is 0 Å². The molecule has 0 unspecified atom stereocenters. The van der Waals surface area contributed by atoms with Crippen LogP contribution in [-0.4, -0.2) is 55.3 Å². The molecule has 0 aliphatic carbocycles. The Kier molecular flexibility index (Phi) is 7.48. The van der Waals surface area contributed by atoms with Gasteiger partial charge in [-0.15, -0.1) is 11.8 Å². The summed E-state index contributed by atoms with van der Waals surface area (Å²) in [5.41, 5.74) is 0. The molecule has 0 spiro atoms. The fourth-order valence-electron chi connectivity index (χ4n) is 2.72. The van der Waals surface area contributed by atoms with E-state index in [1.807, 2.05) is 11.8 Å². The van der Waals surface area contributed by atoms with E-state index < -0.39 is 0 Å². The van der Waals surface area contributed by atoms with Crippen molar-refractivity contribution in [2.75, 3.05) is 45.5 Å². The molecule has 0 N–H and O–H groups in total. The van der Waals surface area contributed by atoms with Crippen LogP contribution in [0, 0.1) is 0 Å². The maximum Gasteiger partial charge on any atom is 0.00719 e. The van der Waals surface area contributed by atoms with E-state index in [0.29, 0.717) is 0 Å². The lowest BCUT2D eigenvalue weighted by Crippen LogP contribution is -2.27. The molecule has 3 heteroatoms. The average molecular weight is 292 g/mol. The van der Waals surface area contributed by atoms with Gasteiger partial charge in [-0.05, 0) is 83.3 Å². The third kappa shape index (κ3) is 6.29. The van der Waals surface area contributed by atoms with Crippen molar-refractivity contribution < 1.29 is 0 Å². The summed E-state index contributed by atoms with van der Waals surface area (Å²) in [6.45, 7) is 6.42. The van der Waals surface area contributed by atoms with Crippen LogP contribution in [0.1, 0.15) is 25.7 Å². The maximum absolute atomic E-state index is 2.61. The van der Waals surface area contributed by atoms with Gasteiger partial charge < -0.3 is 9.80 Å². The second kappa shape index (κ2) is 9.43. The minimum atomic E-state index is 1.22. The fourth-order valence-corrected chi connectivity index (χ4v) is 3.58. The van der Waals surface area contributed by atoms with E-state index in [2.05, 4.69) is 47.2 Å². The maximum atomic E-state index is 2.61. The summed E-state index contributed by atoms with van der Waals surface area (Å²) in [7, 11) is 2.26. The SMILES string of the molecule is CN(CCCSc1ccccc1)CCCN1CCCC1. The van der Waals surface area contributed by atoms with Crippen LogP contribution in [0.3, 0.4) is 0 Å². The molecule has 1 aromatic carbocycles. The summed E-state index contributed by atoms with van der Waals surface area (Å²) in [5, 5.41) is 0. The first-order valence-electron chi connectivity index (χ1n) is 7.93. The lowest BCUT2D eigenvalue weighted by molar-refractivity contribution is 0.280. The van der Waals surface area contributed by atoms with Gasteiger partial charge >= 0.3 is 0 Å². The number of nitrogens with zero attached hydrogens (tertiary/aromatic N) is 2. The molecule has 0 saturated carbocycles. The van der Waals surface area contributed by atoms with E-state index in [0.717, 1.165) is 0 Å². The molecule has 0 amide bonds. The van der Waals surface area contributed by atoms with E-state index in [1.165, 1.54) is 69.1 Å². The van der Waals surface area contributed by atoms with Crippen molar-refractivity contribution >= 4 is 11.8 Å². The normalized spacial score (nSPS) is 16.1. The third-order valence-electron chi connectivity index (χ3n) is 3.91. The second-order valence-corrected chi connectivity index (χ2v) is 6.89. The van der Waals surface area contributed by atoms with Gasteiger partial charge in [0, 0.05) is 4.90 Å². The fraction of sp³-hybridized carbons (Fsp3) is 0.647. The van der Waals surface area contributed by atoms with E-state index >= 15 is 0 Å². The highest BCUT2D eigenvalue weighted by molar-refractivity contribution is 7.99. The van der Waals surface area contributed by atoms with Gasteiger partial charge in [0.25, 0.3) is 0 Å². The Hall–Kier alpha value is -0.510. The van der Waals surface area contributed by atoms with E-state index in [4.69, 9.17) is 0 Å². The zero-order chi connectivity index (χ0) is 14.0. The number of thioether (sulfide) groups is 1. The molecule has 0 atom stereocenters. The Morgan fingerprint density at radius 1 is 1.05 bits per heavy atom. The van der Waals surface area contributed by atoms with Crippen LogP contribution in [-0.2, 0) is 0 Å². The molecule has 1 heterocycles. The standard InChI is InChI=1S/C17H28N2S/c1-18(11-7-15-19-13-5-6-14-19)12-8-16-20-17-9-3-2-4-10-17/h2-4,9-10H,5-8,11-16H2,1H3. The van der Waals surface area contributed by atoms with Crippen LogP contribution in [0.5, 0.6) is 0 Å². The minimum Gasteiger partial charge on any atom is -0.306 e. The average Bonchev–Trinajstić information content (AvgIpc) is 2.98. The molecule has 0 aromatic heterocycles. The molecular weight excluding hydrogens is 264 g/mol.